The number of rotatable bonds is 6. The molecular formula is C21H23F2N3OS. The van der Waals surface area contributed by atoms with Gasteiger partial charge in [-0.2, -0.15) is 0 Å². The van der Waals surface area contributed by atoms with Crippen LogP contribution in [0, 0.1) is 25.5 Å². The smallest absolute Gasteiger partial charge is 0.266 e. The zero-order valence-corrected chi connectivity index (χ0v) is 17.2. The summed E-state index contributed by atoms with van der Waals surface area (Å²) in [6, 6.07) is 7.45. The molecule has 0 saturated carbocycles. The maximum atomic E-state index is 14.2. The van der Waals surface area contributed by atoms with Crippen LogP contribution in [0.4, 0.5) is 13.9 Å². The molecular weight excluding hydrogens is 380 g/mol. The monoisotopic (exact) mass is 403 g/mol. The van der Waals surface area contributed by atoms with E-state index >= 15 is 0 Å². The minimum absolute atomic E-state index is 0.322. The molecule has 0 radical (unpaired) electrons. The third-order valence-electron chi connectivity index (χ3n) is 4.45. The Bertz CT molecular complexity index is 996. The van der Waals surface area contributed by atoms with Crippen LogP contribution < -0.4 is 4.90 Å². The van der Waals surface area contributed by atoms with Crippen LogP contribution in [0.15, 0.2) is 30.3 Å². The van der Waals surface area contributed by atoms with Gasteiger partial charge in [0.05, 0.1) is 10.2 Å². The summed E-state index contributed by atoms with van der Waals surface area (Å²) >= 11 is 1.37. The molecule has 3 rings (SSSR count). The van der Waals surface area contributed by atoms with E-state index in [1.54, 1.807) is 0 Å². The van der Waals surface area contributed by atoms with Gasteiger partial charge in [0.1, 0.15) is 17.2 Å². The van der Waals surface area contributed by atoms with Gasteiger partial charge >= 0.3 is 0 Å². The highest BCUT2D eigenvalue weighted by Crippen LogP contribution is 2.33. The lowest BCUT2D eigenvalue weighted by molar-refractivity contribution is 0.0978. The molecule has 0 unspecified atom stereocenters. The summed E-state index contributed by atoms with van der Waals surface area (Å²) in [5.74, 6) is -2.44. The van der Waals surface area contributed by atoms with Crippen LogP contribution in [0.25, 0.3) is 10.2 Å². The minimum atomic E-state index is -0.865. The van der Waals surface area contributed by atoms with E-state index in [0.717, 1.165) is 40.0 Å². The predicted molar refractivity (Wildman–Crippen MR) is 110 cm³/mol. The first kappa shape index (κ1) is 20.4. The molecule has 1 heterocycles. The lowest BCUT2D eigenvalue weighted by atomic mass is 10.1. The molecule has 0 N–H and O–H groups in total. The summed E-state index contributed by atoms with van der Waals surface area (Å²) in [6.45, 7) is 5.04. The average molecular weight is 403 g/mol. The fourth-order valence-corrected chi connectivity index (χ4v) is 4.19. The van der Waals surface area contributed by atoms with Gasteiger partial charge in [-0.25, -0.2) is 13.8 Å². The molecule has 1 amide bonds. The van der Waals surface area contributed by atoms with E-state index in [4.69, 9.17) is 0 Å². The van der Waals surface area contributed by atoms with Crippen molar-refractivity contribution < 1.29 is 13.6 Å². The van der Waals surface area contributed by atoms with Crippen LogP contribution >= 0.6 is 11.3 Å². The quantitative estimate of drug-likeness (QED) is 0.594. The normalized spacial score (nSPS) is 11.4. The molecule has 148 valence electrons. The van der Waals surface area contributed by atoms with Crippen LogP contribution in [0.1, 0.15) is 27.9 Å². The highest BCUT2D eigenvalue weighted by Gasteiger charge is 2.26. The van der Waals surface area contributed by atoms with Crippen LogP contribution in [-0.4, -0.2) is 43.0 Å². The molecule has 0 aliphatic carbocycles. The first-order chi connectivity index (χ1) is 13.3. The molecule has 0 fully saturated rings. The number of hydrogen-bond donors (Lipinski definition) is 0. The van der Waals surface area contributed by atoms with Crippen molar-refractivity contribution in [2.45, 2.75) is 20.3 Å². The number of aromatic nitrogens is 1. The summed E-state index contributed by atoms with van der Waals surface area (Å²) in [5.41, 5.74) is 2.39. The Labute approximate surface area is 167 Å². The minimum Gasteiger partial charge on any atom is -0.309 e. The largest absolute Gasteiger partial charge is 0.309 e. The number of carbonyl (C=O) groups is 1. The number of hydrogen-bond acceptors (Lipinski definition) is 4. The van der Waals surface area contributed by atoms with Gasteiger partial charge in [0.15, 0.2) is 5.13 Å². The average Bonchev–Trinajstić information content (AvgIpc) is 3.02. The van der Waals surface area contributed by atoms with E-state index in [0.29, 0.717) is 18.1 Å². The van der Waals surface area contributed by atoms with Gasteiger partial charge in [-0.15, -0.1) is 0 Å². The Morgan fingerprint density at radius 1 is 1.11 bits per heavy atom. The van der Waals surface area contributed by atoms with Gasteiger partial charge < -0.3 is 4.90 Å². The maximum Gasteiger partial charge on any atom is 0.266 e. The third-order valence-corrected chi connectivity index (χ3v) is 5.68. The highest BCUT2D eigenvalue weighted by atomic mass is 32.1. The van der Waals surface area contributed by atoms with E-state index < -0.39 is 23.1 Å². The molecule has 28 heavy (non-hydrogen) atoms. The van der Waals surface area contributed by atoms with Gasteiger partial charge in [0, 0.05) is 6.54 Å². The summed E-state index contributed by atoms with van der Waals surface area (Å²) in [5, 5.41) is 0.454. The number of thiazole rings is 1. The van der Waals surface area contributed by atoms with Crippen molar-refractivity contribution in [3.05, 3.63) is 58.7 Å². The molecule has 3 aromatic rings. The van der Waals surface area contributed by atoms with Crippen molar-refractivity contribution in [1.82, 2.24) is 9.88 Å². The zero-order valence-electron chi connectivity index (χ0n) is 16.4. The Morgan fingerprint density at radius 3 is 2.43 bits per heavy atom. The summed E-state index contributed by atoms with van der Waals surface area (Å²) in [6.07, 6.45) is 0.656. The molecule has 2 aromatic carbocycles. The second kappa shape index (κ2) is 8.32. The molecule has 0 saturated heterocycles. The van der Waals surface area contributed by atoms with Gasteiger partial charge in [0.2, 0.25) is 0 Å². The first-order valence-electron chi connectivity index (χ1n) is 9.06. The standard InChI is InChI=1S/C21H23F2N3OS/c1-13-11-14(2)19-17(12-13)24-21(28-19)26(10-6-9-25(3)4)20(27)18-15(22)7-5-8-16(18)23/h5,7-8,11-12H,6,9-10H2,1-4H3. The van der Waals surface area contributed by atoms with Crippen molar-refractivity contribution >= 4 is 32.6 Å². The first-order valence-corrected chi connectivity index (χ1v) is 9.88. The number of fused-ring (bicyclic) bond motifs is 1. The number of halogens is 2. The molecule has 0 spiro atoms. The molecule has 7 heteroatoms. The summed E-state index contributed by atoms with van der Waals surface area (Å²) in [7, 11) is 3.87. The Hall–Kier alpha value is -2.38. The number of nitrogens with zero attached hydrogens (tertiary/aromatic N) is 3. The van der Waals surface area contributed by atoms with Crippen molar-refractivity contribution in [1.29, 1.82) is 0 Å². The van der Waals surface area contributed by atoms with Gasteiger partial charge in [-0.05, 0) is 70.2 Å². The van der Waals surface area contributed by atoms with Crippen molar-refractivity contribution in [3.63, 3.8) is 0 Å². The van der Waals surface area contributed by atoms with E-state index in [1.165, 1.54) is 22.3 Å². The summed E-state index contributed by atoms with van der Waals surface area (Å²) in [4.78, 5) is 21.1. The Morgan fingerprint density at radius 2 is 1.79 bits per heavy atom. The number of benzene rings is 2. The topological polar surface area (TPSA) is 36.4 Å². The Kier molecular flexibility index (Phi) is 6.05. The molecule has 0 bridgehead atoms. The van der Waals surface area contributed by atoms with Gasteiger partial charge in [-0.1, -0.05) is 23.5 Å². The van der Waals surface area contributed by atoms with Gasteiger partial charge in [-0.3, -0.25) is 9.69 Å². The van der Waals surface area contributed by atoms with E-state index in [9.17, 15) is 13.6 Å². The lowest BCUT2D eigenvalue weighted by Crippen LogP contribution is -2.34. The second-order valence-electron chi connectivity index (χ2n) is 7.14. The summed E-state index contributed by atoms with van der Waals surface area (Å²) < 4.78 is 29.4. The molecule has 4 nitrogen and oxygen atoms in total. The molecule has 0 aliphatic rings. The molecule has 1 aromatic heterocycles. The van der Waals surface area contributed by atoms with E-state index in [2.05, 4.69) is 11.1 Å². The van der Waals surface area contributed by atoms with Gasteiger partial charge in [0.25, 0.3) is 5.91 Å². The molecule has 0 aliphatic heterocycles. The second-order valence-corrected chi connectivity index (χ2v) is 8.11. The number of aryl methyl sites for hydroxylation is 2. The fraction of sp³-hybridized carbons (Fsp3) is 0.333. The highest BCUT2D eigenvalue weighted by molar-refractivity contribution is 7.22. The maximum absolute atomic E-state index is 14.2. The SMILES string of the molecule is Cc1cc(C)c2sc(N(CCCN(C)C)C(=O)c3c(F)cccc3F)nc2c1. The van der Waals surface area contributed by atoms with Crippen LogP contribution in [-0.2, 0) is 0 Å². The van der Waals surface area contributed by atoms with Crippen molar-refractivity contribution in [2.24, 2.45) is 0 Å². The number of amides is 1. The van der Waals surface area contributed by atoms with Crippen molar-refractivity contribution in [3.8, 4) is 0 Å². The zero-order chi connectivity index (χ0) is 20.4. The van der Waals surface area contributed by atoms with E-state index in [1.807, 2.05) is 38.9 Å². The van der Waals surface area contributed by atoms with Crippen LogP contribution in [0.2, 0.25) is 0 Å². The predicted octanol–water partition coefficient (Wildman–Crippen LogP) is 4.79. The lowest BCUT2D eigenvalue weighted by Gasteiger charge is -2.21. The van der Waals surface area contributed by atoms with Crippen LogP contribution in [0.5, 0.6) is 0 Å². The number of anilines is 1. The van der Waals surface area contributed by atoms with Crippen molar-refractivity contribution in [2.75, 3.05) is 32.1 Å². The third kappa shape index (κ3) is 4.20. The Balaban J connectivity index is 2.04. The fourth-order valence-electron chi connectivity index (χ4n) is 3.15. The van der Waals surface area contributed by atoms with E-state index in [-0.39, 0.29) is 0 Å². The number of carbonyl (C=O) groups excluding carboxylic acids is 1. The van der Waals surface area contributed by atoms with Crippen LogP contribution in [0.3, 0.4) is 0 Å². The molecule has 0 atom stereocenters.